The monoisotopic (exact) mass is 311 g/mol. The number of pyridine rings is 2. The fraction of sp³-hybridized carbons (Fsp3) is 0. The Kier molecular flexibility index (Phi) is 3.71. The highest BCUT2D eigenvalue weighted by Gasteiger charge is 2.07. The van der Waals surface area contributed by atoms with Crippen molar-refractivity contribution in [2.24, 2.45) is 0 Å². The Morgan fingerprint density at radius 3 is 2.76 bits per heavy atom. The van der Waals surface area contributed by atoms with E-state index in [0.717, 1.165) is 0 Å². The van der Waals surface area contributed by atoms with E-state index in [0.29, 0.717) is 21.1 Å². The first-order valence-corrected chi connectivity index (χ1v) is 5.88. The standard InChI is InChI=1S/C11H7BrClN3O/c12-8-5-4-7(6-14-8)11(17)16-10-3-1-2-9(13)15-10/h1-6H,(H,15,16,17). The molecule has 1 amide bonds. The Morgan fingerprint density at radius 1 is 1.29 bits per heavy atom. The van der Waals surface area contributed by atoms with Gasteiger partial charge in [0.05, 0.1) is 5.56 Å². The van der Waals surface area contributed by atoms with Gasteiger partial charge in [-0.2, -0.15) is 0 Å². The van der Waals surface area contributed by atoms with Gasteiger partial charge in [-0.3, -0.25) is 4.79 Å². The lowest BCUT2D eigenvalue weighted by Crippen LogP contribution is -2.13. The van der Waals surface area contributed by atoms with Gasteiger partial charge in [-0.1, -0.05) is 17.7 Å². The summed E-state index contributed by atoms with van der Waals surface area (Å²) < 4.78 is 0.676. The summed E-state index contributed by atoms with van der Waals surface area (Å²) >= 11 is 8.91. The lowest BCUT2D eigenvalue weighted by atomic mass is 10.3. The van der Waals surface area contributed by atoms with Gasteiger partial charge in [0, 0.05) is 6.20 Å². The van der Waals surface area contributed by atoms with E-state index in [1.54, 1.807) is 30.3 Å². The molecule has 2 aromatic rings. The van der Waals surface area contributed by atoms with Gasteiger partial charge in [-0.15, -0.1) is 0 Å². The maximum Gasteiger partial charge on any atom is 0.258 e. The molecular weight excluding hydrogens is 305 g/mol. The minimum absolute atomic E-state index is 0.278. The average molecular weight is 313 g/mol. The van der Waals surface area contributed by atoms with E-state index >= 15 is 0 Å². The molecule has 0 saturated heterocycles. The molecule has 86 valence electrons. The van der Waals surface area contributed by atoms with Crippen molar-refractivity contribution in [1.29, 1.82) is 0 Å². The van der Waals surface area contributed by atoms with E-state index in [2.05, 4.69) is 31.2 Å². The Bertz CT molecular complexity index is 545. The van der Waals surface area contributed by atoms with Crippen molar-refractivity contribution in [3.05, 3.63) is 51.8 Å². The first kappa shape index (κ1) is 12.0. The molecule has 0 atom stereocenters. The molecule has 2 rings (SSSR count). The summed E-state index contributed by atoms with van der Waals surface area (Å²) in [6.45, 7) is 0. The number of carbonyl (C=O) groups excluding carboxylic acids is 1. The maximum atomic E-state index is 11.8. The molecule has 0 saturated carbocycles. The molecule has 4 nitrogen and oxygen atoms in total. The molecule has 2 heterocycles. The van der Waals surface area contributed by atoms with E-state index in [1.807, 2.05) is 0 Å². The molecule has 0 radical (unpaired) electrons. The lowest BCUT2D eigenvalue weighted by Gasteiger charge is -2.04. The van der Waals surface area contributed by atoms with Crippen LogP contribution in [0.5, 0.6) is 0 Å². The minimum atomic E-state index is -0.278. The fourth-order valence-corrected chi connectivity index (χ4v) is 1.57. The second kappa shape index (κ2) is 5.25. The maximum absolute atomic E-state index is 11.8. The van der Waals surface area contributed by atoms with Crippen LogP contribution in [0.4, 0.5) is 5.82 Å². The number of hydrogen-bond acceptors (Lipinski definition) is 3. The molecule has 0 aliphatic rings. The molecule has 1 N–H and O–H groups in total. The highest BCUT2D eigenvalue weighted by Crippen LogP contribution is 2.11. The van der Waals surface area contributed by atoms with E-state index < -0.39 is 0 Å². The van der Waals surface area contributed by atoms with Crippen molar-refractivity contribution >= 4 is 39.3 Å². The largest absolute Gasteiger partial charge is 0.306 e. The van der Waals surface area contributed by atoms with Gasteiger partial charge in [0.2, 0.25) is 0 Å². The summed E-state index contributed by atoms with van der Waals surface area (Å²) in [4.78, 5) is 19.7. The summed E-state index contributed by atoms with van der Waals surface area (Å²) in [5.41, 5.74) is 0.454. The molecule has 17 heavy (non-hydrogen) atoms. The number of nitrogens with one attached hydrogen (secondary N) is 1. The van der Waals surface area contributed by atoms with Gasteiger partial charge in [-0.05, 0) is 40.2 Å². The number of halogens is 2. The smallest absolute Gasteiger partial charge is 0.258 e. The summed E-state index contributed by atoms with van der Waals surface area (Å²) in [6.07, 6.45) is 1.48. The number of anilines is 1. The number of hydrogen-bond donors (Lipinski definition) is 1. The highest BCUT2D eigenvalue weighted by molar-refractivity contribution is 9.10. The van der Waals surface area contributed by atoms with Gasteiger partial charge in [0.25, 0.3) is 5.91 Å². The van der Waals surface area contributed by atoms with E-state index in [9.17, 15) is 4.79 Å². The number of amides is 1. The van der Waals surface area contributed by atoms with Crippen molar-refractivity contribution in [1.82, 2.24) is 9.97 Å². The first-order chi connectivity index (χ1) is 8.15. The third-order valence-electron chi connectivity index (χ3n) is 1.95. The Labute approximate surface area is 111 Å². The minimum Gasteiger partial charge on any atom is -0.306 e. The zero-order chi connectivity index (χ0) is 12.3. The quantitative estimate of drug-likeness (QED) is 0.867. The van der Waals surface area contributed by atoms with Gasteiger partial charge in [0.1, 0.15) is 15.6 Å². The van der Waals surface area contributed by atoms with Crippen molar-refractivity contribution in [3.63, 3.8) is 0 Å². The molecule has 0 bridgehead atoms. The summed E-state index contributed by atoms with van der Waals surface area (Å²) in [5.74, 6) is 0.130. The van der Waals surface area contributed by atoms with Crippen molar-refractivity contribution in [2.45, 2.75) is 0 Å². The zero-order valence-electron chi connectivity index (χ0n) is 8.52. The van der Waals surface area contributed by atoms with Crippen LogP contribution in [0.15, 0.2) is 41.1 Å². The molecule has 6 heteroatoms. The van der Waals surface area contributed by atoms with Crippen LogP contribution in [0.1, 0.15) is 10.4 Å². The molecular formula is C11H7BrClN3O. The Balaban J connectivity index is 2.14. The topological polar surface area (TPSA) is 54.9 Å². The third-order valence-corrected chi connectivity index (χ3v) is 2.63. The van der Waals surface area contributed by atoms with E-state index in [1.165, 1.54) is 6.20 Å². The molecule has 0 fully saturated rings. The van der Waals surface area contributed by atoms with Crippen LogP contribution in [0, 0.1) is 0 Å². The SMILES string of the molecule is O=C(Nc1cccc(Cl)n1)c1ccc(Br)nc1. The predicted octanol–water partition coefficient (Wildman–Crippen LogP) is 3.14. The predicted molar refractivity (Wildman–Crippen MR) is 69.1 cm³/mol. The summed E-state index contributed by atoms with van der Waals surface area (Å²) in [6, 6.07) is 8.37. The van der Waals surface area contributed by atoms with Crippen LogP contribution >= 0.6 is 27.5 Å². The van der Waals surface area contributed by atoms with Crippen LogP contribution in [0.25, 0.3) is 0 Å². The second-order valence-electron chi connectivity index (χ2n) is 3.17. The Hall–Kier alpha value is -1.46. The average Bonchev–Trinajstić information content (AvgIpc) is 2.29. The molecule has 0 aliphatic heterocycles. The third kappa shape index (κ3) is 3.25. The van der Waals surface area contributed by atoms with Crippen LogP contribution in [-0.2, 0) is 0 Å². The molecule has 0 spiro atoms. The van der Waals surface area contributed by atoms with Crippen LogP contribution in [-0.4, -0.2) is 15.9 Å². The molecule has 0 aliphatic carbocycles. The second-order valence-corrected chi connectivity index (χ2v) is 4.37. The molecule has 0 aromatic carbocycles. The van der Waals surface area contributed by atoms with Crippen molar-refractivity contribution < 1.29 is 4.79 Å². The first-order valence-electron chi connectivity index (χ1n) is 4.70. The lowest BCUT2D eigenvalue weighted by molar-refractivity contribution is 0.102. The van der Waals surface area contributed by atoms with Gasteiger partial charge in [-0.25, -0.2) is 9.97 Å². The van der Waals surface area contributed by atoms with Crippen LogP contribution in [0.2, 0.25) is 5.15 Å². The van der Waals surface area contributed by atoms with E-state index in [4.69, 9.17) is 11.6 Å². The number of aromatic nitrogens is 2. The fourth-order valence-electron chi connectivity index (χ4n) is 1.18. The van der Waals surface area contributed by atoms with Crippen LogP contribution in [0.3, 0.4) is 0 Å². The van der Waals surface area contributed by atoms with Gasteiger partial charge in [0.15, 0.2) is 0 Å². The number of rotatable bonds is 2. The number of nitrogens with zero attached hydrogens (tertiary/aromatic N) is 2. The van der Waals surface area contributed by atoms with Gasteiger partial charge >= 0.3 is 0 Å². The molecule has 0 unspecified atom stereocenters. The van der Waals surface area contributed by atoms with Crippen LogP contribution < -0.4 is 5.32 Å². The van der Waals surface area contributed by atoms with Crippen molar-refractivity contribution in [2.75, 3.05) is 5.32 Å². The number of carbonyl (C=O) groups is 1. The molecule has 2 aromatic heterocycles. The summed E-state index contributed by atoms with van der Waals surface area (Å²) in [5, 5.41) is 2.96. The zero-order valence-corrected chi connectivity index (χ0v) is 10.9. The normalized spacial score (nSPS) is 10.0. The van der Waals surface area contributed by atoms with E-state index in [-0.39, 0.29) is 5.91 Å². The Morgan fingerprint density at radius 2 is 2.12 bits per heavy atom. The van der Waals surface area contributed by atoms with Gasteiger partial charge < -0.3 is 5.32 Å². The highest BCUT2D eigenvalue weighted by atomic mass is 79.9. The summed E-state index contributed by atoms with van der Waals surface area (Å²) in [7, 11) is 0. The van der Waals surface area contributed by atoms with Crippen molar-refractivity contribution in [3.8, 4) is 0 Å².